The van der Waals surface area contributed by atoms with E-state index in [-0.39, 0.29) is 18.0 Å². The van der Waals surface area contributed by atoms with Gasteiger partial charge in [0.1, 0.15) is 6.10 Å². The lowest BCUT2D eigenvalue weighted by Crippen LogP contribution is -2.05. The highest BCUT2D eigenvalue weighted by molar-refractivity contribution is 6.31. The summed E-state index contributed by atoms with van der Waals surface area (Å²) in [6.45, 7) is 5.62. The second kappa shape index (κ2) is 3.70. The molecule has 0 spiro atoms. The summed E-state index contributed by atoms with van der Waals surface area (Å²) >= 11 is 6.04. The van der Waals surface area contributed by atoms with Gasteiger partial charge in [-0.2, -0.15) is 0 Å². The molecule has 1 aromatic carbocycles. The second-order valence-corrected chi connectivity index (χ2v) is 4.07. The van der Waals surface area contributed by atoms with Gasteiger partial charge >= 0.3 is 5.97 Å². The van der Waals surface area contributed by atoms with Crippen molar-refractivity contribution in [1.29, 1.82) is 0 Å². The first kappa shape index (κ1) is 10.2. The maximum atomic E-state index is 11.3. The van der Waals surface area contributed by atoms with Crippen LogP contribution in [0.1, 0.15) is 18.6 Å². The molecule has 0 radical (unpaired) electrons. The van der Waals surface area contributed by atoms with Gasteiger partial charge in [0.2, 0.25) is 0 Å². The molecule has 0 aromatic heterocycles. The minimum atomic E-state index is -0.326. The van der Waals surface area contributed by atoms with Gasteiger partial charge in [-0.3, -0.25) is 0 Å². The average Bonchev–Trinajstić information content (AvgIpc) is 2.47. The third-order valence-electron chi connectivity index (χ3n) is 2.71. The standard InChI is InChI=1S/C12H11ClO2/c1-7-8(2)12(14)15-11(7)9-5-3-4-6-10(9)13/h3-7,11H,2H2,1H3/t7-,11+/m1/s1. The highest BCUT2D eigenvalue weighted by atomic mass is 35.5. The highest BCUT2D eigenvalue weighted by Gasteiger charge is 2.37. The van der Waals surface area contributed by atoms with Crippen molar-refractivity contribution >= 4 is 17.6 Å². The molecule has 0 aliphatic carbocycles. The van der Waals surface area contributed by atoms with E-state index >= 15 is 0 Å². The van der Waals surface area contributed by atoms with Crippen LogP contribution in [-0.4, -0.2) is 5.97 Å². The molecule has 78 valence electrons. The van der Waals surface area contributed by atoms with Crippen LogP contribution in [0.25, 0.3) is 0 Å². The summed E-state index contributed by atoms with van der Waals surface area (Å²) in [4.78, 5) is 11.3. The molecule has 0 amide bonds. The van der Waals surface area contributed by atoms with Crippen LogP contribution in [0.15, 0.2) is 36.4 Å². The molecule has 2 atom stereocenters. The molecular formula is C12H11ClO2. The van der Waals surface area contributed by atoms with Gasteiger partial charge in [-0.25, -0.2) is 4.79 Å². The van der Waals surface area contributed by atoms with Crippen LogP contribution >= 0.6 is 11.6 Å². The van der Waals surface area contributed by atoms with E-state index in [4.69, 9.17) is 16.3 Å². The van der Waals surface area contributed by atoms with E-state index in [0.717, 1.165) is 5.56 Å². The average molecular weight is 223 g/mol. The third kappa shape index (κ3) is 1.65. The number of benzene rings is 1. The normalized spacial score (nSPS) is 25.5. The lowest BCUT2D eigenvalue weighted by molar-refractivity contribution is -0.139. The Morgan fingerprint density at radius 2 is 2.07 bits per heavy atom. The summed E-state index contributed by atoms with van der Waals surface area (Å²) < 4.78 is 5.23. The third-order valence-corrected chi connectivity index (χ3v) is 3.06. The summed E-state index contributed by atoms with van der Waals surface area (Å²) in [5, 5.41) is 0.622. The van der Waals surface area contributed by atoms with E-state index in [1.165, 1.54) is 0 Å². The molecule has 1 aliphatic heterocycles. The molecule has 2 nitrogen and oxygen atoms in total. The van der Waals surface area contributed by atoms with Gasteiger partial charge in [-0.05, 0) is 6.07 Å². The Balaban J connectivity index is 2.38. The number of cyclic esters (lactones) is 1. The van der Waals surface area contributed by atoms with E-state index < -0.39 is 0 Å². The molecule has 0 unspecified atom stereocenters. The van der Waals surface area contributed by atoms with Crippen molar-refractivity contribution in [2.75, 3.05) is 0 Å². The maximum absolute atomic E-state index is 11.3. The van der Waals surface area contributed by atoms with Crippen LogP contribution in [0.2, 0.25) is 5.02 Å². The highest BCUT2D eigenvalue weighted by Crippen LogP contribution is 2.40. The minimum Gasteiger partial charge on any atom is -0.453 e. The van der Waals surface area contributed by atoms with E-state index in [2.05, 4.69) is 6.58 Å². The Morgan fingerprint density at radius 3 is 2.60 bits per heavy atom. The van der Waals surface area contributed by atoms with Gasteiger partial charge in [0.05, 0.1) is 0 Å². The molecular weight excluding hydrogens is 212 g/mol. The number of esters is 1. The van der Waals surface area contributed by atoms with Gasteiger partial charge in [0, 0.05) is 22.1 Å². The number of ether oxygens (including phenoxy) is 1. The largest absolute Gasteiger partial charge is 0.453 e. The van der Waals surface area contributed by atoms with Gasteiger partial charge in [0.25, 0.3) is 0 Å². The van der Waals surface area contributed by atoms with Crippen LogP contribution in [0.3, 0.4) is 0 Å². The maximum Gasteiger partial charge on any atom is 0.334 e. The van der Waals surface area contributed by atoms with Crippen molar-refractivity contribution in [3.8, 4) is 0 Å². The first-order valence-electron chi connectivity index (χ1n) is 4.75. The molecule has 15 heavy (non-hydrogen) atoms. The lowest BCUT2D eigenvalue weighted by atomic mass is 9.94. The van der Waals surface area contributed by atoms with Crippen molar-refractivity contribution in [2.45, 2.75) is 13.0 Å². The predicted molar refractivity (Wildman–Crippen MR) is 58.6 cm³/mol. The van der Waals surface area contributed by atoms with Crippen molar-refractivity contribution in [3.63, 3.8) is 0 Å². The van der Waals surface area contributed by atoms with Crippen LogP contribution in [0, 0.1) is 5.92 Å². The number of carbonyl (C=O) groups is 1. The summed E-state index contributed by atoms with van der Waals surface area (Å²) in [6.07, 6.45) is -0.293. The zero-order chi connectivity index (χ0) is 11.0. The minimum absolute atomic E-state index is 0.0163. The lowest BCUT2D eigenvalue weighted by Gasteiger charge is -2.15. The molecule has 0 N–H and O–H groups in total. The SMILES string of the molecule is C=C1C(=O)O[C@H](c2ccccc2Cl)[C@@H]1C. The van der Waals surface area contributed by atoms with E-state index in [1.807, 2.05) is 25.1 Å². The van der Waals surface area contributed by atoms with Crippen molar-refractivity contribution < 1.29 is 9.53 Å². The Bertz CT molecular complexity index is 425. The number of hydrogen-bond acceptors (Lipinski definition) is 2. The van der Waals surface area contributed by atoms with Gasteiger partial charge < -0.3 is 4.74 Å². The van der Waals surface area contributed by atoms with Gasteiger partial charge in [-0.15, -0.1) is 0 Å². The Morgan fingerprint density at radius 1 is 1.40 bits per heavy atom. The Labute approximate surface area is 93.5 Å². The Kier molecular flexibility index (Phi) is 2.53. The number of hydrogen-bond donors (Lipinski definition) is 0. The molecule has 3 heteroatoms. The number of carbonyl (C=O) groups excluding carboxylic acids is 1. The fourth-order valence-corrected chi connectivity index (χ4v) is 1.94. The molecule has 1 saturated heterocycles. The van der Waals surface area contributed by atoms with E-state index in [0.29, 0.717) is 10.6 Å². The fraction of sp³-hybridized carbons (Fsp3) is 0.250. The van der Waals surface area contributed by atoms with Crippen molar-refractivity contribution in [1.82, 2.24) is 0 Å². The molecule has 1 fully saturated rings. The number of rotatable bonds is 1. The smallest absolute Gasteiger partial charge is 0.334 e. The first-order chi connectivity index (χ1) is 7.11. The Hall–Kier alpha value is -1.28. The van der Waals surface area contributed by atoms with Crippen LogP contribution in [-0.2, 0) is 9.53 Å². The monoisotopic (exact) mass is 222 g/mol. The molecule has 0 bridgehead atoms. The second-order valence-electron chi connectivity index (χ2n) is 3.66. The quantitative estimate of drug-likeness (QED) is 0.539. The number of halogens is 1. The fourth-order valence-electron chi connectivity index (χ4n) is 1.70. The summed E-state index contributed by atoms with van der Waals surface area (Å²) in [6, 6.07) is 7.39. The van der Waals surface area contributed by atoms with Gasteiger partial charge in [-0.1, -0.05) is 43.3 Å². The predicted octanol–water partition coefficient (Wildman–Crippen LogP) is 3.13. The van der Waals surface area contributed by atoms with E-state index in [1.54, 1.807) is 6.07 Å². The first-order valence-corrected chi connectivity index (χ1v) is 5.13. The van der Waals surface area contributed by atoms with Crippen LogP contribution in [0.5, 0.6) is 0 Å². The van der Waals surface area contributed by atoms with E-state index in [9.17, 15) is 4.79 Å². The zero-order valence-electron chi connectivity index (χ0n) is 8.37. The van der Waals surface area contributed by atoms with Crippen LogP contribution in [0.4, 0.5) is 0 Å². The summed E-state index contributed by atoms with van der Waals surface area (Å²) in [5.74, 6) is -0.343. The van der Waals surface area contributed by atoms with Crippen molar-refractivity contribution in [3.05, 3.63) is 47.0 Å². The summed E-state index contributed by atoms with van der Waals surface area (Å²) in [7, 11) is 0. The molecule has 2 rings (SSSR count). The molecule has 1 aliphatic rings. The molecule has 0 saturated carbocycles. The summed E-state index contributed by atoms with van der Waals surface area (Å²) in [5.41, 5.74) is 1.36. The van der Waals surface area contributed by atoms with Crippen LogP contribution < -0.4 is 0 Å². The topological polar surface area (TPSA) is 26.3 Å². The van der Waals surface area contributed by atoms with Gasteiger partial charge in [0.15, 0.2) is 0 Å². The van der Waals surface area contributed by atoms with Crippen molar-refractivity contribution in [2.24, 2.45) is 5.92 Å². The molecule has 1 heterocycles. The molecule has 1 aromatic rings. The zero-order valence-corrected chi connectivity index (χ0v) is 9.12.